The standard InChI is InChI=1S/C34H36N6O4S2/c1-22-28(46-30(36-22)24-10-17-45-19-24)33(43)39-14-9-25(27(18-39)23-6-4-3-5-7-23)31(41)38-15-11-34(44,12-16-38)20-40-21-35-29-26(32(40)42)8-13-37(29)2/h3-8,10,13,17,19,21,25,27,44H,9,11-12,14-16,18,20H2,1-2H3/t25-,27+/m1/s1. The first-order valence-corrected chi connectivity index (χ1v) is 17.3. The van der Waals surface area contributed by atoms with Crippen LogP contribution in [0.4, 0.5) is 0 Å². The highest BCUT2D eigenvalue weighted by Gasteiger charge is 2.42. The van der Waals surface area contributed by atoms with Crippen molar-refractivity contribution in [3.05, 3.63) is 92.2 Å². The van der Waals surface area contributed by atoms with Gasteiger partial charge in [0.2, 0.25) is 5.91 Å². The normalized spacial score (nSPS) is 19.9. The Morgan fingerprint density at radius 2 is 1.85 bits per heavy atom. The fourth-order valence-electron chi connectivity index (χ4n) is 6.86. The molecule has 238 valence electrons. The second-order valence-corrected chi connectivity index (χ2v) is 14.3. The molecule has 1 N–H and O–H groups in total. The first kappa shape index (κ1) is 30.5. The van der Waals surface area contributed by atoms with Crippen molar-refractivity contribution in [3.63, 3.8) is 0 Å². The number of fused-ring (bicyclic) bond motifs is 1. The molecule has 10 nitrogen and oxygen atoms in total. The van der Waals surface area contributed by atoms with Crippen molar-refractivity contribution in [1.29, 1.82) is 0 Å². The van der Waals surface area contributed by atoms with Gasteiger partial charge in [-0.2, -0.15) is 11.3 Å². The molecule has 0 saturated carbocycles. The zero-order valence-corrected chi connectivity index (χ0v) is 27.5. The summed E-state index contributed by atoms with van der Waals surface area (Å²) in [5.41, 5.74) is 2.11. The number of carbonyl (C=O) groups is 2. The van der Waals surface area contributed by atoms with Crippen LogP contribution in [0.3, 0.4) is 0 Å². The third-order valence-corrected chi connectivity index (χ3v) is 11.4. The molecule has 12 heteroatoms. The number of aromatic nitrogens is 4. The molecule has 2 atom stereocenters. The lowest BCUT2D eigenvalue weighted by Crippen LogP contribution is -2.53. The van der Waals surface area contributed by atoms with Gasteiger partial charge in [0.25, 0.3) is 11.5 Å². The summed E-state index contributed by atoms with van der Waals surface area (Å²) in [6, 6.07) is 13.7. The Balaban J connectivity index is 1.05. The van der Waals surface area contributed by atoms with Gasteiger partial charge < -0.3 is 19.5 Å². The number of aryl methyl sites for hydroxylation is 2. The van der Waals surface area contributed by atoms with Gasteiger partial charge in [0, 0.05) is 62.2 Å². The molecule has 0 aliphatic carbocycles. The van der Waals surface area contributed by atoms with Crippen molar-refractivity contribution < 1.29 is 14.7 Å². The summed E-state index contributed by atoms with van der Waals surface area (Å²) in [6.07, 6.45) is 4.58. The Labute approximate surface area is 274 Å². The lowest BCUT2D eigenvalue weighted by molar-refractivity contribution is -0.142. The number of hydrogen-bond donors (Lipinski definition) is 1. The molecule has 5 aromatic rings. The maximum atomic E-state index is 14.1. The van der Waals surface area contributed by atoms with E-state index in [1.807, 2.05) is 70.9 Å². The van der Waals surface area contributed by atoms with E-state index in [-0.39, 0.29) is 35.8 Å². The number of aliphatic hydroxyl groups is 1. The molecular weight excluding hydrogens is 621 g/mol. The number of piperidine rings is 2. The van der Waals surface area contributed by atoms with Crippen LogP contribution in [-0.2, 0) is 18.4 Å². The number of nitrogens with zero attached hydrogens (tertiary/aromatic N) is 6. The van der Waals surface area contributed by atoms with Crippen LogP contribution in [0.15, 0.2) is 70.5 Å². The van der Waals surface area contributed by atoms with Crippen molar-refractivity contribution in [2.45, 2.75) is 44.2 Å². The Morgan fingerprint density at radius 1 is 1.07 bits per heavy atom. The smallest absolute Gasteiger partial charge is 0.265 e. The average molecular weight is 657 g/mol. The molecule has 7 rings (SSSR count). The molecule has 1 aromatic carbocycles. The molecule has 0 spiro atoms. The summed E-state index contributed by atoms with van der Waals surface area (Å²) in [4.78, 5) is 54.5. The van der Waals surface area contributed by atoms with Gasteiger partial charge in [-0.15, -0.1) is 11.3 Å². The maximum Gasteiger partial charge on any atom is 0.265 e. The van der Waals surface area contributed by atoms with Crippen LogP contribution in [0, 0.1) is 12.8 Å². The first-order chi connectivity index (χ1) is 22.2. The third kappa shape index (κ3) is 5.69. The quantitative estimate of drug-likeness (QED) is 0.288. The van der Waals surface area contributed by atoms with E-state index < -0.39 is 5.60 Å². The summed E-state index contributed by atoms with van der Waals surface area (Å²) < 4.78 is 3.28. The third-order valence-electron chi connectivity index (χ3n) is 9.52. The lowest BCUT2D eigenvalue weighted by Gasteiger charge is -2.43. The molecule has 0 radical (unpaired) electrons. The van der Waals surface area contributed by atoms with Gasteiger partial charge in [0.05, 0.1) is 23.2 Å². The highest BCUT2D eigenvalue weighted by Crippen LogP contribution is 2.37. The number of carbonyl (C=O) groups excluding carboxylic acids is 2. The van der Waals surface area contributed by atoms with E-state index in [2.05, 4.69) is 9.97 Å². The SMILES string of the molecule is Cc1nc(-c2ccsc2)sc1C(=O)N1CC[C@@H](C(=O)N2CCC(O)(Cn3cnc4c(ccn4C)c3=O)CC2)[C@H](c2ccccc2)C1. The fraction of sp³-hybridized carbons (Fsp3) is 0.382. The summed E-state index contributed by atoms with van der Waals surface area (Å²) in [6.45, 7) is 3.74. The second-order valence-electron chi connectivity index (χ2n) is 12.5. The highest BCUT2D eigenvalue weighted by atomic mass is 32.1. The van der Waals surface area contributed by atoms with Crippen LogP contribution >= 0.6 is 22.7 Å². The summed E-state index contributed by atoms with van der Waals surface area (Å²) in [7, 11) is 1.84. The van der Waals surface area contributed by atoms with Gasteiger partial charge in [-0.1, -0.05) is 30.3 Å². The second kappa shape index (κ2) is 12.2. The molecule has 46 heavy (non-hydrogen) atoms. The molecule has 0 unspecified atom stereocenters. The maximum absolute atomic E-state index is 14.1. The molecule has 6 heterocycles. The zero-order chi connectivity index (χ0) is 32.0. The number of likely N-dealkylation sites (tertiary alicyclic amines) is 2. The minimum Gasteiger partial charge on any atom is -0.388 e. The Morgan fingerprint density at radius 3 is 2.59 bits per heavy atom. The predicted molar refractivity (Wildman–Crippen MR) is 179 cm³/mol. The summed E-state index contributed by atoms with van der Waals surface area (Å²) >= 11 is 3.03. The zero-order valence-electron chi connectivity index (χ0n) is 25.8. The van der Waals surface area contributed by atoms with Crippen molar-refractivity contribution >= 4 is 45.5 Å². The number of thiazole rings is 1. The van der Waals surface area contributed by atoms with E-state index in [0.717, 1.165) is 21.8 Å². The van der Waals surface area contributed by atoms with Crippen LogP contribution in [-0.4, -0.2) is 77.6 Å². The van der Waals surface area contributed by atoms with E-state index in [1.165, 1.54) is 22.2 Å². The van der Waals surface area contributed by atoms with Gasteiger partial charge in [0.1, 0.15) is 21.9 Å². The summed E-state index contributed by atoms with van der Waals surface area (Å²) in [5, 5.41) is 16.9. The molecule has 2 amide bonds. The summed E-state index contributed by atoms with van der Waals surface area (Å²) in [5.74, 6) is -0.418. The largest absolute Gasteiger partial charge is 0.388 e. The lowest BCUT2D eigenvalue weighted by atomic mass is 9.79. The van der Waals surface area contributed by atoms with Crippen LogP contribution in [0.2, 0.25) is 0 Å². The number of hydrogen-bond acceptors (Lipinski definition) is 8. The molecule has 4 aromatic heterocycles. The van der Waals surface area contributed by atoms with Crippen LogP contribution in [0.25, 0.3) is 21.6 Å². The van der Waals surface area contributed by atoms with Gasteiger partial charge in [-0.05, 0) is 49.3 Å². The average Bonchev–Trinajstić information content (AvgIpc) is 3.83. The van der Waals surface area contributed by atoms with Gasteiger partial charge in [0.15, 0.2) is 0 Å². The highest BCUT2D eigenvalue weighted by molar-refractivity contribution is 7.17. The van der Waals surface area contributed by atoms with Crippen molar-refractivity contribution in [3.8, 4) is 10.6 Å². The molecular formula is C34H36N6O4S2. The number of rotatable bonds is 6. The first-order valence-electron chi connectivity index (χ1n) is 15.6. The molecule has 2 aliphatic rings. The van der Waals surface area contributed by atoms with Crippen LogP contribution in [0.5, 0.6) is 0 Å². The number of thiophene rings is 1. The fourth-order valence-corrected chi connectivity index (χ4v) is 8.61. The van der Waals surface area contributed by atoms with Crippen LogP contribution < -0.4 is 5.56 Å². The van der Waals surface area contributed by atoms with Crippen molar-refractivity contribution in [2.24, 2.45) is 13.0 Å². The monoisotopic (exact) mass is 656 g/mol. The van der Waals surface area contributed by atoms with E-state index in [1.54, 1.807) is 28.2 Å². The van der Waals surface area contributed by atoms with Crippen molar-refractivity contribution in [1.82, 2.24) is 28.9 Å². The topological polar surface area (TPSA) is 114 Å². The number of benzene rings is 1. The molecule has 2 fully saturated rings. The van der Waals surface area contributed by atoms with Crippen LogP contribution in [0.1, 0.15) is 46.1 Å². The molecule has 0 bridgehead atoms. The van der Waals surface area contributed by atoms with E-state index >= 15 is 0 Å². The molecule has 2 saturated heterocycles. The minimum absolute atomic E-state index is 0.0373. The van der Waals surface area contributed by atoms with Gasteiger partial charge >= 0.3 is 0 Å². The number of amides is 2. The Hall–Kier alpha value is -4.13. The Bertz CT molecular complexity index is 1940. The minimum atomic E-state index is -1.12. The van der Waals surface area contributed by atoms with E-state index in [9.17, 15) is 19.5 Å². The van der Waals surface area contributed by atoms with Crippen molar-refractivity contribution in [2.75, 3.05) is 26.2 Å². The predicted octanol–water partition coefficient (Wildman–Crippen LogP) is 4.53. The Kier molecular flexibility index (Phi) is 8.12. The van der Waals surface area contributed by atoms with Gasteiger partial charge in [-0.3, -0.25) is 19.0 Å². The van der Waals surface area contributed by atoms with E-state index in [0.29, 0.717) is 61.4 Å². The van der Waals surface area contributed by atoms with Gasteiger partial charge in [-0.25, -0.2) is 9.97 Å². The van der Waals surface area contributed by atoms with E-state index in [4.69, 9.17) is 0 Å². The molecule has 2 aliphatic heterocycles.